The van der Waals surface area contributed by atoms with Crippen LogP contribution in [0.3, 0.4) is 0 Å². The van der Waals surface area contributed by atoms with Gasteiger partial charge in [0.1, 0.15) is 15.7 Å². The molecular weight excluding hydrogens is 154 g/mol. The molecule has 0 aromatic heterocycles. The summed E-state index contributed by atoms with van der Waals surface area (Å²) in [4.78, 5) is 0. The predicted octanol–water partition coefficient (Wildman–Crippen LogP) is 2.07. The van der Waals surface area contributed by atoms with Crippen LogP contribution in [0.5, 0.6) is 0 Å². The van der Waals surface area contributed by atoms with E-state index >= 15 is 0 Å². The van der Waals surface area contributed by atoms with Gasteiger partial charge in [-0.3, -0.25) is 0 Å². The summed E-state index contributed by atoms with van der Waals surface area (Å²) in [6.07, 6.45) is 7.28. The highest BCUT2D eigenvalue weighted by atomic mass is 14.2. The fraction of sp³-hybridized carbons (Fsp3) is 1.00. The molecule has 1 aliphatic carbocycles. The minimum absolute atomic E-state index is 0.945. The molecule has 74 valence electrons. The summed E-state index contributed by atoms with van der Waals surface area (Å²) in [7, 11) is 4.87. The van der Waals surface area contributed by atoms with Crippen LogP contribution in [0.4, 0.5) is 0 Å². The van der Waals surface area contributed by atoms with Crippen molar-refractivity contribution in [3.05, 3.63) is 0 Å². The minimum Gasteiger partial charge on any atom is -0.0692 e. The Morgan fingerprint density at radius 1 is 1.00 bits per heavy atom. The first-order valence-electron chi connectivity index (χ1n) is 6.09. The van der Waals surface area contributed by atoms with Gasteiger partial charge in [0.25, 0.3) is 0 Å². The van der Waals surface area contributed by atoms with Gasteiger partial charge >= 0.3 is 0 Å². The van der Waals surface area contributed by atoms with Gasteiger partial charge in [-0.25, -0.2) is 0 Å². The van der Waals surface area contributed by atoms with Crippen LogP contribution in [-0.4, -0.2) is 15.7 Å². The lowest BCUT2D eigenvalue weighted by Gasteiger charge is -2.21. The van der Waals surface area contributed by atoms with E-state index in [2.05, 4.69) is 29.5 Å². The van der Waals surface area contributed by atoms with E-state index in [-0.39, 0.29) is 0 Å². The van der Waals surface area contributed by atoms with Crippen LogP contribution in [0, 0.1) is 11.8 Å². The second-order valence-electron chi connectivity index (χ2n) is 5.57. The second kappa shape index (κ2) is 5.12. The highest BCUT2D eigenvalue weighted by molar-refractivity contribution is 6.12. The molecule has 0 aliphatic heterocycles. The molecule has 4 atom stereocenters. The zero-order valence-electron chi connectivity index (χ0n) is 9.84. The normalized spacial score (nSPS) is 43.2. The van der Waals surface area contributed by atoms with Crippen LogP contribution in [0.1, 0.15) is 46.0 Å². The van der Waals surface area contributed by atoms with E-state index < -0.39 is 0 Å². The molecule has 0 spiro atoms. The molecule has 1 saturated carbocycles. The molecule has 13 heavy (non-hydrogen) atoms. The lowest BCUT2D eigenvalue weighted by Crippen LogP contribution is -2.08. The quantitative estimate of drug-likeness (QED) is 0.498. The van der Waals surface area contributed by atoms with Crippen molar-refractivity contribution in [1.82, 2.24) is 0 Å². The third-order valence-corrected chi connectivity index (χ3v) is 3.91. The summed E-state index contributed by atoms with van der Waals surface area (Å²) in [6, 6.07) is 0. The Morgan fingerprint density at radius 3 is 2.38 bits per heavy atom. The topological polar surface area (TPSA) is 0 Å². The maximum atomic E-state index is 2.44. The lowest BCUT2D eigenvalue weighted by atomic mass is 9.68. The Bertz CT molecular complexity index is 147. The zero-order valence-corrected chi connectivity index (χ0v) is 9.84. The van der Waals surface area contributed by atoms with Gasteiger partial charge < -0.3 is 0 Å². The smallest absolute Gasteiger partial charge is 0.0692 e. The van der Waals surface area contributed by atoms with Gasteiger partial charge in [0.15, 0.2) is 0 Å². The monoisotopic (exact) mass is 178 g/mol. The van der Waals surface area contributed by atoms with Crippen molar-refractivity contribution in [3.63, 3.8) is 0 Å². The zero-order chi connectivity index (χ0) is 9.84. The summed E-state index contributed by atoms with van der Waals surface area (Å²) in [6.45, 7) is 4.87. The molecule has 1 aliphatic rings. The van der Waals surface area contributed by atoms with Gasteiger partial charge in [0.2, 0.25) is 0 Å². The van der Waals surface area contributed by atoms with Crippen molar-refractivity contribution in [3.8, 4) is 0 Å². The van der Waals surface area contributed by atoms with Crippen molar-refractivity contribution in [1.29, 1.82) is 0 Å². The van der Waals surface area contributed by atoms with Crippen LogP contribution in [0.2, 0.25) is 11.6 Å². The average molecular weight is 178 g/mol. The molecule has 1 rings (SSSR count). The van der Waals surface area contributed by atoms with Crippen molar-refractivity contribution >= 4 is 15.7 Å². The van der Waals surface area contributed by atoms with Gasteiger partial charge in [0.05, 0.1) is 0 Å². The largest absolute Gasteiger partial charge is 0.105 e. The molecule has 2 unspecified atom stereocenters. The van der Waals surface area contributed by atoms with Crippen LogP contribution < -0.4 is 0 Å². The molecule has 0 radical (unpaired) electrons. The van der Waals surface area contributed by atoms with Crippen LogP contribution in [-0.2, 0) is 0 Å². The van der Waals surface area contributed by atoms with Gasteiger partial charge in [-0.15, -0.1) is 0 Å². The number of hydrogen-bond acceptors (Lipinski definition) is 0. The average Bonchev–Trinajstić information content (AvgIpc) is 2.06. The molecule has 0 aromatic rings. The van der Waals surface area contributed by atoms with Crippen LogP contribution in [0.15, 0.2) is 0 Å². The fourth-order valence-corrected chi connectivity index (χ4v) is 2.84. The first kappa shape index (κ1) is 11.2. The van der Waals surface area contributed by atoms with Crippen molar-refractivity contribution in [2.75, 3.05) is 0 Å². The summed E-state index contributed by atoms with van der Waals surface area (Å²) in [5.74, 6) is 3.81. The van der Waals surface area contributed by atoms with Crippen LogP contribution in [0.25, 0.3) is 0 Å². The lowest BCUT2D eigenvalue weighted by molar-refractivity contribution is 0.448. The van der Waals surface area contributed by atoms with Gasteiger partial charge in [-0.2, -0.15) is 0 Å². The Labute approximate surface area is 85.7 Å². The van der Waals surface area contributed by atoms with Gasteiger partial charge in [-0.05, 0) is 11.8 Å². The standard InChI is InChI=1S/C11H24B2/c1-8-4-3-5-11(13)9(2)7-10(12)6-8/h8-11H,3-7,12-13H2,1-2H3/t8?,9?,10-,11+/m0/s1. The van der Waals surface area contributed by atoms with E-state index in [1.807, 2.05) is 0 Å². The number of rotatable bonds is 0. The SMILES string of the molecule is B[C@H]1CC(C)CCC[C@@H](B)C(C)C1. The maximum Gasteiger partial charge on any atom is 0.105 e. The number of hydrogen-bond donors (Lipinski definition) is 0. The summed E-state index contributed by atoms with van der Waals surface area (Å²) in [5.41, 5.74) is 0. The molecule has 0 bridgehead atoms. The first-order chi connectivity index (χ1) is 6.09. The Kier molecular flexibility index (Phi) is 4.41. The Morgan fingerprint density at radius 2 is 1.69 bits per heavy atom. The predicted molar refractivity (Wildman–Crippen MR) is 66.0 cm³/mol. The van der Waals surface area contributed by atoms with Crippen molar-refractivity contribution in [2.24, 2.45) is 11.8 Å². The molecule has 0 heterocycles. The molecule has 2 heteroatoms. The second-order valence-corrected chi connectivity index (χ2v) is 5.57. The van der Waals surface area contributed by atoms with Crippen molar-refractivity contribution < 1.29 is 0 Å². The van der Waals surface area contributed by atoms with E-state index in [0.29, 0.717) is 0 Å². The maximum absolute atomic E-state index is 2.44. The molecule has 0 saturated heterocycles. The Balaban J connectivity index is 2.48. The highest BCUT2D eigenvalue weighted by Gasteiger charge is 2.19. The third-order valence-electron chi connectivity index (χ3n) is 3.91. The molecular formula is C11H24B2. The first-order valence-corrected chi connectivity index (χ1v) is 6.09. The molecule has 0 aromatic carbocycles. The van der Waals surface area contributed by atoms with E-state index in [9.17, 15) is 0 Å². The summed E-state index contributed by atoms with van der Waals surface area (Å²) < 4.78 is 0. The van der Waals surface area contributed by atoms with Gasteiger partial charge in [-0.1, -0.05) is 57.6 Å². The van der Waals surface area contributed by atoms with Gasteiger partial charge in [0, 0.05) is 0 Å². The molecule has 0 nitrogen and oxygen atoms in total. The van der Waals surface area contributed by atoms with E-state index in [4.69, 9.17) is 0 Å². The molecule has 0 N–H and O–H groups in total. The third kappa shape index (κ3) is 3.79. The fourth-order valence-electron chi connectivity index (χ4n) is 2.84. The minimum atomic E-state index is 0.945. The van der Waals surface area contributed by atoms with E-state index in [1.54, 1.807) is 0 Å². The van der Waals surface area contributed by atoms with E-state index in [1.165, 1.54) is 32.1 Å². The summed E-state index contributed by atoms with van der Waals surface area (Å²) >= 11 is 0. The van der Waals surface area contributed by atoms with Crippen molar-refractivity contribution in [2.45, 2.75) is 57.6 Å². The molecule has 0 amide bonds. The Hall–Kier alpha value is 0.130. The summed E-state index contributed by atoms with van der Waals surface area (Å²) in [5, 5.41) is 0. The highest BCUT2D eigenvalue weighted by Crippen LogP contribution is 2.34. The molecule has 1 fully saturated rings. The van der Waals surface area contributed by atoms with E-state index in [0.717, 1.165) is 23.5 Å². The van der Waals surface area contributed by atoms with Crippen LogP contribution >= 0.6 is 0 Å².